The highest BCUT2D eigenvalue weighted by molar-refractivity contribution is 6.38. The number of aromatic nitrogens is 2. The van der Waals surface area contributed by atoms with Gasteiger partial charge in [-0.3, -0.25) is 4.90 Å². The fourth-order valence-corrected chi connectivity index (χ4v) is 8.31. The molecule has 9 heteroatoms. The zero-order chi connectivity index (χ0) is 29.3. The van der Waals surface area contributed by atoms with Gasteiger partial charge in [0.2, 0.25) is 0 Å². The summed E-state index contributed by atoms with van der Waals surface area (Å²) in [5, 5.41) is 17.3. The first-order valence-electron chi connectivity index (χ1n) is 15.2. The maximum Gasteiger partial charge on any atom is 0.319 e. The number of terminal acetylenes is 1. The van der Waals surface area contributed by atoms with E-state index in [0.717, 1.165) is 78.4 Å². The van der Waals surface area contributed by atoms with Crippen molar-refractivity contribution in [2.75, 3.05) is 37.7 Å². The van der Waals surface area contributed by atoms with Crippen LogP contribution in [-0.2, 0) is 0 Å². The van der Waals surface area contributed by atoms with Crippen molar-refractivity contribution >= 4 is 39.1 Å². The number of nitrogens with zero attached hydrogens (tertiary/aromatic N) is 4. The highest BCUT2D eigenvalue weighted by Gasteiger charge is 2.49. The van der Waals surface area contributed by atoms with E-state index in [1.54, 1.807) is 12.1 Å². The average molecular weight is 598 g/mol. The van der Waals surface area contributed by atoms with E-state index in [2.05, 4.69) is 21.0 Å². The number of nitrogens with one attached hydrogen (secondary N) is 1. The Kier molecular flexibility index (Phi) is 6.41. The number of halogens is 2. The largest absolute Gasteiger partial charge is 0.508 e. The van der Waals surface area contributed by atoms with Crippen LogP contribution in [0.1, 0.15) is 37.7 Å². The lowest BCUT2D eigenvalue weighted by atomic mass is 9.93. The Balaban J connectivity index is 1.27. The molecule has 43 heavy (non-hydrogen) atoms. The van der Waals surface area contributed by atoms with Gasteiger partial charge in [-0.05, 0) is 67.4 Å². The monoisotopic (exact) mass is 597 g/mol. The standard InChI is InChI=1S/C34H33ClFN5O2/c1-2-20-5-3-6-21-13-25(42)14-28(29(20)21)26-9-10-27-31(30(26)35)38-33(39-32(27)40-17-23-7-8-24(18-40)37-23)43-19-34-11-4-12-41(34)16-22(36)15-34/h1,3,5-6,9-10,13-14,22-24,37,42H,4,7-8,11-12,15-19H2/t22-,23?,24?,34+/m1/s1. The fourth-order valence-electron chi connectivity index (χ4n) is 8.00. The van der Waals surface area contributed by atoms with Gasteiger partial charge in [0.15, 0.2) is 0 Å². The molecule has 4 aliphatic heterocycles. The molecular formula is C34H33ClFN5O2. The summed E-state index contributed by atoms with van der Waals surface area (Å²) in [7, 11) is 0. The van der Waals surface area contributed by atoms with Crippen LogP contribution in [-0.4, -0.2) is 76.6 Å². The predicted octanol–water partition coefficient (Wildman–Crippen LogP) is 5.69. The van der Waals surface area contributed by atoms with Gasteiger partial charge in [0.25, 0.3) is 0 Å². The summed E-state index contributed by atoms with van der Waals surface area (Å²) in [4.78, 5) is 14.4. The number of aromatic hydroxyl groups is 1. The van der Waals surface area contributed by atoms with Gasteiger partial charge < -0.3 is 20.1 Å². The number of hydrogen-bond donors (Lipinski definition) is 2. The summed E-state index contributed by atoms with van der Waals surface area (Å²) in [6.07, 6.45) is 9.75. The highest BCUT2D eigenvalue weighted by atomic mass is 35.5. The molecule has 2 bridgehead atoms. The number of benzene rings is 3. The Labute approximate surface area is 255 Å². The van der Waals surface area contributed by atoms with Gasteiger partial charge in [-0.2, -0.15) is 9.97 Å². The van der Waals surface area contributed by atoms with Crippen LogP contribution >= 0.6 is 11.6 Å². The third-order valence-corrected chi connectivity index (χ3v) is 10.3. The molecular weight excluding hydrogens is 565 g/mol. The summed E-state index contributed by atoms with van der Waals surface area (Å²) < 4.78 is 20.9. The van der Waals surface area contributed by atoms with E-state index in [9.17, 15) is 9.50 Å². The molecule has 7 nitrogen and oxygen atoms in total. The van der Waals surface area contributed by atoms with Crippen molar-refractivity contribution in [3.8, 4) is 35.2 Å². The van der Waals surface area contributed by atoms with Gasteiger partial charge in [0.1, 0.15) is 24.3 Å². The summed E-state index contributed by atoms with van der Waals surface area (Å²) in [6, 6.07) is 14.1. The van der Waals surface area contributed by atoms with Crippen LogP contribution < -0.4 is 15.0 Å². The number of alkyl halides is 1. The molecule has 0 saturated carbocycles. The molecule has 220 valence electrons. The molecule has 0 aliphatic carbocycles. The first-order chi connectivity index (χ1) is 20.9. The van der Waals surface area contributed by atoms with Crippen LogP contribution in [0.5, 0.6) is 11.8 Å². The minimum absolute atomic E-state index is 0.125. The topological polar surface area (TPSA) is 73.8 Å². The van der Waals surface area contributed by atoms with E-state index in [4.69, 9.17) is 32.7 Å². The molecule has 2 N–H and O–H groups in total. The third-order valence-electron chi connectivity index (χ3n) is 9.92. The smallest absolute Gasteiger partial charge is 0.319 e. The first-order valence-corrected chi connectivity index (χ1v) is 15.5. The fraction of sp³-hybridized carbons (Fsp3) is 0.412. The number of fused-ring (bicyclic) bond motifs is 5. The Hall–Kier alpha value is -3.64. The number of ether oxygens (including phenoxy) is 1. The van der Waals surface area contributed by atoms with Crippen molar-refractivity contribution in [1.29, 1.82) is 0 Å². The maximum atomic E-state index is 14.5. The Morgan fingerprint density at radius 1 is 1.12 bits per heavy atom. The molecule has 0 spiro atoms. The first kappa shape index (κ1) is 26.9. The van der Waals surface area contributed by atoms with E-state index < -0.39 is 6.17 Å². The molecule has 4 aromatic rings. The number of hydrogen-bond acceptors (Lipinski definition) is 7. The number of rotatable bonds is 5. The SMILES string of the molecule is C#Cc1cccc2cc(O)cc(-c3ccc4c(N5CC6CCC(C5)N6)nc(OC[C@@]56CCCN5C[C@H](F)C6)nc4c3Cl)c12. The van der Waals surface area contributed by atoms with Crippen molar-refractivity contribution in [2.45, 2.75) is 55.9 Å². The van der Waals surface area contributed by atoms with Crippen molar-refractivity contribution in [3.05, 3.63) is 53.1 Å². The molecule has 4 saturated heterocycles. The molecule has 8 rings (SSSR count). The summed E-state index contributed by atoms with van der Waals surface area (Å²) in [5.41, 5.74) is 2.43. The molecule has 0 radical (unpaired) electrons. The van der Waals surface area contributed by atoms with Crippen LogP contribution in [0.15, 0.2) is 42.5 Å². The van der Waals surface area contributed by atoms with Crippen LogP contribution in [0.3, 0.4) is 0 Å². The summed E-state index contributed by atoms with van der Waals surface area (Å²) in [5.74, 6) is 3.71. The van der Waals surface area contributed by atoms with Gasteiger partial charge >= 0.3 is 6.01 Å². The Bertz CT molecular complexity index is 1800. The van der Waals surface area contributed by atoms with Gasteiger partial charge in [-0.15, -0.1) is 6.42 Å². The Morgan fingerprint density at radius 3 is 2.77 bits per heavy atom. The minimum Gasteiger partial charge on any atom is -0.508 e. The highest BCUT2D eigenvalue weighted by Crippen LogP contribution is 2.44. The molecule has 2 unspecified atom stereocenters. The molecule has 5 heterocycles. The second-order valence-electron chi connectivity index (χ2n) is 12.6. The van der Waals surface area contributed by atoms with E-state index >= 15 is 0 Å². The van der Waals surface area contributed by atoms with E-state index in [1.807, 2.05) is 30.3 Å². The summed E-state index contributed by atoms with van der Waals surface area (Å²) in [6.45, 7) is 3.37. The maximum absolute atomic E-state index is 14.5. The second kappa shape index (κ2) is 10.2. The molecule has 3 aromatic carbocycles. The van der Waals surface area contributed by atoms with E-state index in [0.29, 0.717) is 47.8 Å². The van der Waals surface area contributed by atoms with Crippen molar-refractivity contribution < 1.29 is 14.2 Å². The average Bonchev–Trinajstić information content (AvgIpc) is 3.65. The van der Waals surface area contributed by atoms with Crippen LogP contribution in [0.4, 0.5) is 10.2 Å². The predicted molar refractivity (Wildman–Crippen MR) is 168 cm³/mol. The normalized spacial score (nSPS) is 26.7. The molecule has 0 amide bonds. The van der Waals surface area contributed by atoms with Crippen LogP contribution in [0.25, 0.3) is 32.8 Å². The van der Waals surface area contributed by atoms with Gasteiger partial charge in [-0.1, -0.05) is 35.7 Å². The third kappa shape index (κ3) is 4.48. The van der Waals surface area contributed by atoms with Crippen molar-refractivity contribution in [3.63, 3.8) is 0 Å². The lowest BCUT2D eigenvalue weighted by Gasteiger charge is -2.34. The molecule has 4 fully saturated rings. The molecule has 1 aromatic heterocycles. The van der Waals surface area contributed by atoms with Crippen molar-refractivity contribution in [1.82, 2.24) is 20.2 Å². The zero-order valence-electron chi connectivity index (χ0n) is 23.8. The number of piperazine rings is 1. The number of phenols is 1. The minimum atomic E-state index is -0.838. The lowest BCUT2D eigenvalue weighted by Crippen LogP contribution is -2.51. The zero-order valence-corrected chi connectivity index (χ0v) is 24.6. The lowest BCUT2D eigenvalue weighted by molar-refractivity contribution is 0.107. The Morgan fingerprint density at radius 2 is 1.95 bits per heavy atom. The van der Waals surface area contributed by atoms with Crippen LogP contribution in [0.2, 0.25) is 5.02 Å². The van der Waals surface area contributed by atoms with E-state index in [1.165, 1.54) is 0 Å². The van der Waals surface area contributed by atoms with Gasteiger partial charge in [0, 0.05) is 60.0 Å². The summed E-state index contributed by atoms with van der Waals surface area (Å²) >= 11 is 7.24. The number of phenolic OH excluding ortho intramolecular Hbond substituents is 1. The van der Waals surface area contributed by atoms with E-state index in [-0.39, 0.29) is 17.3 Å². The van der Waals surface area contributed by atoms with Gasteiger partial charge in [-0.25, -0.2) is 4.39 Å². The second-order valence-corrected chi connectivity index (χ2v) is 13.0. The molecule has 4 aliphatic rings. The number of anilines is 1. The van der Waals surface area contributed by atoms with Crippen LogP contribution in [0, 0.1) is 12.3 Å². The quantitative estimate of drug-likeness (QED) is 0.287. The molecule has 4 atom stereocenters. The van der Waals surface area contributed by atoms with Crippen molar-refractivity contribution in [2.24, 2.45) is 0 Å². The van der Waals surface area contributed by atoms with Gasteiger partial charge in [0.05, 0.1) is 16.1 Å².